The van der Waals surface area contributed by atoms with E-state index in [4.69, 9.17) is 4.74 Å². The SMILES string of the molecule is CN(CC1COCCN1)c1cccs1. The Morgan fingerprint density at radius 2 is 2.64 bits per heavy atom. The van der Waals surface area contributed by atoms with Gasteiger partial charge in [-0.1, -0.05) is 0 Å². The molecule has 1 saturated heterocycles. The molecule has 2 rings (SSSR count). The lowest BCUT2D eigenvalue weighted by atomic mass is 10.2. The summed E-state index contributed by atoms with van der Waals surface area (Å²) < 4.78 is 5.41. The molecule has 0 aliphatic carbocycles. The third-order valence-electron chi connectivity index (χ3n) is 2.38. The summed E-state index contributed by atoms with van der Waals surface area (Å²) >= 11 is 1.78. The number of rotatable bonds is 3. The molecule has 4 heteroatoms. The first-order chi connectivity index (χ1) is 6.86. The lowest BCUT2D eigenvalue weighted by molar-refractivity contribution is 0.0791. The van der Waals surface area contributed by atoms with Crippen LogP contribution in [0.15, 0.2) is 17.5 Å². The molecule has 0 radical (unpaired) electrons. The second kappa shape index (κ2) is 4.77. The molecule has 2 heterocycles. The fraction of sp³-hybridized carbons (Fsp3) is 0.600. The summed E-state index contributed by atoms with van der Waals surface area (Å²) in [5.74, 6) is 0. The average molecular weight is 212 g/mol. The number of likely N-dealkylation sites (N-methyl/N-ethyl adjacent to an activating group) is 1. The zero-order valence-corrected chi connectivity index (χ0v) is 9.22. The highest BCUT2D eigenvalue weighted by Gasteiger charge is 2.15. The minimum absolute atomic E-state index is 0.468. The maximum Gasteiger partial charge on any atom is 0.0906 e. The Hall–Kier alpha value is -0.580. The highest BCUT2D eigenvalue weighted by Crippen LogP contribution is 2.19. The zero-order chi connectivity index (χ0) is 9.80. The first-order valence-electron chi connectivity index (χ1n) is 4.92. The number of hydrogen-bond acceptors (Lipinski definition) is 4. The van der Waals surface area contributed by atoms with Crippen molar-refractivity contribution in [3.05, 3.63) is 17.5 Å². The predicted molar refractivity (Wildman–Crippen MR) is 60.2 cm³/mol. The van der Waals surface area contributed by atoms with E-state index in [1.54, 1.807) is 11.3 Å². The molecule has 1 aromatic heterocycles. The van der Waals surface area contributed by atoms with Crippen LogP contribution in [0.2, 0.25) is 0 Å². The lowest BCUT2D eigenvalue weighted by Crippen LogP contribution is -2.47. The van der Waals surface area contributed by atoms with Crippen molar-refractivity contribution >= 4 is 16.3 Å². The van der Waals surface area contributed by atoms with Crippen LogP contribution >= 0.6 is 11.3 Å². The van der Waals surface area contributed by atoms with Gasteiger partial charge < -0.3 is 15.0 Å². The quantitative estimate of drug-likeness (QED) is 0.814. The van der Waals surface area contributed by atoms with Gasteiger partial charge in [-0.15, -0.1) is 11.3 Å². The van der Waals surface area contributed by atoms with Gasteiger partial charge in [0.1, 0.15) is 0 Å². The van der Waals surface area contributed by atoms with E-state index in [1.807, 2.05) is 0 Å². The van der Waals surface area contributed by atoms with E-state index in [-0.39, 0.29) is 0 Å². The molecule has 0 bridgehead atoms. The smallest absolute Gasteiger partial charge is 0.0906 e. The van der Waals surface area contributed by atoms with E-state index in [0.29, 0.717) is 6.04 Å². The highest BCUT2D eigenvalue weighted by molar-refractivity contribution is 7.14. The van der Waals surface area contributed by atoms with E-state index < -0.39 is 0 Å². The molecular formula is C10H16N2OS. The number of ether oxygens (including phenoxy) is 1. The molecule has 0 spiro atoms. The van der Waals surface area contributed by atoms with E-state index in [2.05, 4.69) is 34.8 Å². The maximum atomic E-state index is 5.41. The molecule has 1 aliphatic heterocycles. The molecule has 1 fully saturated rings. The Labute approximate surface area is 88.7 Å². The fourth-order valence-electron chi connectivity index (χ4n) is 1.64. The van der Waals surface area contributed by atoms with Gasteiger partial charge in [0, 0.05) is 26.2 Å². The second-order valence-corrected chi connectivity index (χ2v) is 4.48. The van der Waals surface area contributed by atoms with Crippen molar-refractivity contribution < 1.29 is 4.74 Å². The largest absolute Gasteiger partial charge is 0.378 e. The average Bonchev–Trinajstić information content (AvgIpc) is 2.72. The van der Waals surface area contributed by atoms with Crippen molar-refractivity contribution in [3.8, 4) is 0 Å². The molecule has 0 amide bonds. The topological polar surface area (TPSA) is 24.5 Å². The number of nitrogens with zero attached hydrogens (tertiary/aromatic N) is 1. The maximum absolute atomic E-state index is 5.41. The van der Waals surface area contributed by atoms with Crippen molar-refractivity contribution in [2.75, 3.05) is 38.3 Å². The van der Waals surface area contributed by atoms with E-state index in [1.165, 1.54) is 5.00 Å². The Balaban J connectivity index is 1.84. The Morgan fingerprint density at radius 1 is 1.71 bits per heavy atom. The van der Waals surface area contributed by atoms with Gasteiger partial charge in [-0.25, -0.2) is 0 Å². The molecule has 1 unspecified atom stereocenters. The van der Waals surface area contributed by atoms with E-state index >= 15 is 0 Å². The lowest BCUT2D eigenvalue weighted by Gasteiger charge is -2.28. The van der Waals surface area contributed by atoms with Crippen LogP contribution in [0.4, 0.5) is 5.00 Å². The predicted octanol–water partition coefficient (Wildman–Crippen LogP) is 1.17. The Kier molecular flexibility index (Phi) is 3.39. The first kappa shape index (κ1) is 9.96. The van der Waals surface area contributed by atoms with Gasteiger partial charge in [-0.3, -0.25) is 0 Å². The van der Waals surface area contributed by atoms with Gasteiger partial charge >= 0.3 is 0 Å². The third-order valence-corrected chi connectivity index (χ3v) is 3.36. The number of hydrogen-bond donors (Lipinski definition) is 1. The molecule has 1 atom stereocenters. The summed E-state index contributed by atoms with van der Waals surface area (Å²) in [7, 11) is 2.13. The molecule has 3 nitrogen and oxygen atoms in total. The molecule has 0 aromatic carbocycles. The molecular weight excluding hydrogens is 196 g/mol. The summed E-state index contributed by atoms with van der Waals surface area (Å²) in [5.41, 5.74) is 0. The normalized spacial score (nSPS) is 22.2. The third kappa shape index (κ3) is 2.47. The van der Waals surface area contributed by atoms with E-state index in [0.717, 1.165) is 26.3 Å². The minimum atomic E-state index is 0.468. The second-order valence-electron chi connectivity index (χ2n) is 3.56. The van der Waals surface area contributed by atoms with Gasteiger partial charge in [-0.2, -0.15) is 0 Å². The standard InChI is InChI=1S/C10H16N2OS/c1-12(10-3-2-6-14-10)7-9-8-13-5-4-11-9/h2-3,6,9,11H,4-5,7-8H2,1H3. The van der Waals surface area contributed by atoms with Crippen LogP contribution in [-0.2, 0) is 4.74 Å². The van der Waals surface area contributed by atoms with Gasteiger partial charge in [-0.05, 0) is 17.5 Å². The number of nitrogens with one attached hydrogen (secondary N) is 1. The molecule has 1 aromatic rings. The minimum Gasteiger partial charge on any atom is -0.378 e. The van der Waals surface area contributed by atoms with Crippen LogP contribution < -0.4 is 10.2 Å². The molecule has 78 valence electrons. The summed E-state index contributed by atoms with van der Waals surface area (Å²) in [5, 5.41) is 6.87. The summed E-state index contributed by atoms with van der Waals surface area (Å²) in [6.45, 7) is 3.67. The summed E-state index contributed by atoms with van der Waals surface area (Å²) in [4.78, 5) is 2.27. The van der Waals surface area contributed by atoms with Crippen LogP contribution in [0.1, 0.15) is 0 Å². The molecule has 0 saturated carbocycles. The van der Waals surface area contributed by atoms with Crippen molar-refractivity contribution in [3.63, 3.8) is 0 Å². The number of morpholine rings is 1. The van der Waals surface area contributed by atoms with Crippen LogP contribution in [-0.4, -0.2) is 39.4 Å². The Morgan fingerprint density at radius 3 is 3.29 bits per heavy atom. The Bertz CT molecular complexity index is 257. The molecule has 1 aliphatic rings. The van der Waals surface area contributed by atoms with Crippen molar-refractivity contribution in [2.24, 2.45) is 0 Å². The molecule has 1 N–H and O–H groups in total. The van der Waals surface area contributed by atoms with Gasteiger partial charge in [0.25, 0.3) is 0 Å². The van der Waals surface area contributed by atoms with E-state index in [9.17, 15) is 0 Å². The monoisotopic (exact) mass is 212 g/mol. The fourth-order valence-corrected chi connectivity index (χ4v) is 2.35. The van der Waals surface area contributed by atoms with Crippen molar-refractivity contribution in [1.29, 1.82) is 0 Å². The van der Waals surface area contributed by atoms with Crippen LogP contribution in [0, 0.1) is 0 Å². The van der Waals surface area contributed by atoms with Crippen molar-refractivity contribution in [1.82, 2.24) is 5.32 Å². The number of thiophene rings is 1. The van der Waals surface area contributed by atoms with Crippen molar-refractivity contribution in [2.45, 2.75) is 6.04 Å². The van der Waals surface area contributed by atoms with Gasteiger partial charge in [0.15, 0.2) is 0 Å². The van der Waals surface area contributed by atoms with Gasteiger partial charge in [0.05, 0.1) is 18.2 Å². The first-order valence-corrected chi connectivity index (χ1v) is 5.80. The highest BCUT2D eigenvalue weighted by atomic mass is 32.1. The van der Waals surface area contributed by atoms with Crippen LogP contribution in [0.25, 0.3) is 0 Å². The molecule has 14 heavy (non-hydrogen) atoms. The number of anilines is 1. The van der Waals surface area contributed by atoms with Crippen LogP contribution in [0.3, 0.4) is 0 Å². The summed E-state index contributed by atoms with van der Waals surface area (Å²) in [6.07, 6.45) is 0. The summed E-state index contributed by atoms with van der Waals surface area (Å²) in [6, 6.07) is 4.70. The van der Waals surface area contributed by atoms with Gasteiger partial charge in [0.2, 0.25) is 0 Å². The zero-order valence-electron chi connectivity index (χ0n) is 8.40. The van der Waals surface area contributed by atoms with Crippen LogP contribution in [0.5, 0.6) is 0 Å².